The van der Waals surface area contributed by atoms with Gasteiger partial charge in [-0.25, -0.2) is 8.42 Å². The first kappa shape index (κ1) is 31.3. The molecule has 0 aliphatic heterocycles. The van der Waals surface area contributed by atoms with Gasteiger partial charge in [-0.05, 0) is 66.9 Å². The molecule has 0 radical (unpaired) electrons. The van der Waals surface area contributed by atoms with Crippen molar-refractivity contribution < 1.29 is 22.7 Å². The van der Waals surface area contributed by atoms with E-state index in [0.29, 0.717) is 27.9 Å². The summed E-state index contributed by atoms with van der Waals surface area (Å²) in [5, 5.41) is 3.60. The SMILES string of the molecule is COc1ccc(N(CC(=O)N(Cc2ccc(Cl)cc2Cl)[C@@H](C)C(=O)NCC(C)C)S(=O)(=O)c2ccccc2)cc1. The van der Waals surface area contributed by atoms with Crippen molar-refractivity contribution in [3.8, 4) is 5.75 Å². The van der Waals surface area contributed by atoms with Crippen LogP contribution in [0.3, 0.4) is 0 Å². The minimum Gasteiger partial charge on any atom is -0.497 e. The van der Waals surface area contributed by atoms with E-state index in [1.54, 1.807) is 67.6 Å². The number of benzene rings is 3. The Bertz CT molecular complexity index is 1420. The van der Waals surface area contributed by atoms with Crippen molar-refractivity contribution in [2.24, 2.45) is 5.92 Å². The number of carbonyl (C=O) groups is 2. The molecule has 0 aromatic heterocycles. The van der Waals surface area contributed by atoms with E-state index < -0.39 is 28.5 Å². The maximum atomic E-state index is 13.9. The second-order valence-corrected chi connectivity index (χ2v) is 12.3. The third-order valence-corrected chi connectivity index (χ3v) is 8.55. The maximum Gasteiger partial charge on any atom is 0.264 e. The highest BCUT2D eigenvalue weighted by Crippen LogP contribution is 2.27. The highest BCUT2D eigenvalue weighted by molar-refractivity contribution is 7.92. The van der Waals surface area contributed by atoms with Crippen LogP contribution < -0.4 is 14.4 Å². The van der Waals surface area contributed by atoms with Gasteiger partial charge in [0.25, 0.3) is 10.0 Å². The van der Waals surface area contributed by atoms with Crippen molar-refractivity contribution in [2.45, 2.75) is 38.3 Å². The summed E-state index contributed by atoms with van der Waals surface area (Å²) in [6.45, 7) is 5.35. The topological polar surface area (TPSA) is 96.0 Å². The predicted octanol–water partition coefficient (Wildman–Crippen LogP) is 5.39. The molecule has 8 nitrogen and oxygen atoms in total. The van der Waals surface area contributed by atoms with Gasteiger partial charge in [-0.2, -0.15) is 0 Å². The Labute approximate surface area is 245 Å². The third-order valence-electron chi connectivity index (χ3n) is 6.18. The number of hydrogen-bond donors (Lipinski definition) is 1. The van der Waals surface area contributed by atoms with Gasteiger partial charge >= 0.3 is 0 Å². The zero-order valence-corrected chi connectivity index (χ0v) is 25.1. The summed E-state index contributed by atoms with van der Waals surface area (Å²) < 4.78 is 33.8. The lowest BCUT2D eigenvalue weighted by Gasteiger charge is -2.32. The fourth-order valence-corrected chi connectivity index (χ4v) is 5.77. The van der Waals surface area contributed by atoms with Gasteiger partial charge < -0.3 is 15.0 Å². The van der Waals surface area contributed by atoms with Crippen LogP contribution in [0.25, 0.3) is 0 Å². The number of rotatable bonds is 12. The van der Waals surface area contributed by atoms with E-state index in [9.17, 15) is 18.0 Å². The molecule has 0 unspecified atom stereocenters. The summed E-state index contributed by atoms with van der Waals surface area (Å²) in [5.41, 5.74) is 0.823. The normalized spacial score (nSPS) is 12.1. The second-order valence-electron chi connectivity index (χ2n) is 9.60. The van der Waals surface area contributed by atoms with E-state index in [-0.39, 0.29) is 29.0 Å². The molecule has 40 heavy (non-hydrogen) atoms. The van der Waals surface area contributed by atoms with Crippen molar-refractivity contribution in [3.05, 3.63) is 88.4 Å². The van der Waals surface area contributed by atoms with E-state index >= 15 is 0 Å². The molecule has 0 saturated carbocycles. The Hall–Kier alpha value is -3.27. The molecular formula is C29H33Cl2N3O5S. The lowest BCUT2D eigenvalue weighted by molar-refractivity contribution is -0.139. The summed E-state index contributed by atoms with van der Waals surface area (Å²) >= 11 is 12.5. The minimum absolute atomic E-state index is 0.0219. The third kappa shape index (κ3) is 7.90. The van der Waals surface area contributed by atoms with E-state index in [1.807, 2.05) is 13.8 Å². The van der Waals surface area contributed by atoms with Crippen molar-refractivity contribution in [1.82, 2.24) is 10.2 Å². The lowest BCUT2D eigenvalue weighted by Crippen LogP contribution is -2.51. The van der Waals surface area contributed by atoms with Crippen molar-refractivity contribution in [2.75, 3.05) is 24.5 Å². The van der Waals surface area contributed by atoms with Crippen molar-refractivity contribution in [1.29, 1.82) is 0 Å². The zero-order valence-electron chi connectivity index (χ0n) is 22.8. The Morgan fingerprint density at radius 2 is 1.60 bits per heavy atom. The van der Waals surface area contributed by atoms with Crippen LogP contribution in [0.5, 0.6) is 5.75 Å². The smallest absolute Gasteiger partial charge is 0.264 e. The number of hydrogen-bond acceptors (Lipinski definition) is 5. The first-order valence-corrected chi connectivity index (χ1v) is 14.9. The summed E-state index contributed by atoms with van der Waals surface area (Å²) in [6, 6.07) is 18.1. The van der Waals surface area contributed by atoms with E-state index in [2.05, 4.69) is 5.32 Å². The average Bonchev–Trinajstić information content (AvgIpc) is 2.94. The molecular weight excluding hydrogens is 573 g/mol. The number of halogens is 2. The van der Waals surface area contributed by atoms with Gasteiger partial charge in [0.1, 0.15) is 18.3 Å². The molecule has 0 aliphatic rings. The highest BCUT2D eigenvalue weighted by Gasteiger charge is 2.32. The molecule has 3 aromatic carbocycles. The molecule has 1 atom stereocenters. The number of nitrogens with zero attached hydrogens (tertiary/aromatic N) is 2. The number of methoxy groups -OCH3 is 1. The number of nitrogens with one attached hydrogen (secondary N) is 1. The molecule has 0 bridgehead atoms. The van der Waals surface area contributed by atoms with Gasteiger partial charge in [0, 0.05) is 23.1 Å². The van der Waals surface area contributed by atoms with Crippen LogP contribution in [0.4, 0.5) is 5.69 Å². The second kappa shape index (κ2) is 13.9. The molecule has 3 rings (SSSR count). The van der Waals surface area contributed by atoms with Crippen LogP contribution in [0.2, 0.25) is 10.0 Å². The monoisotopic (exact) mass is 605 g/mol. The van der Waals surface area contributed by atoms with Crippen LogP contribution >= 0.6 is 23.2 Å². The van der Waals surface area contributed by atoms with E-state index in [0.717, 1.165) is 4.31 Å². The fourth-order valence-electron chi connectivity index (χ4n) is 3.87. The molecule has 0 fully saturated rings. The largest absolute Gasteiger partial charge is 0.497 e. The van der Waals surface area contributed by atoms with Crippen LogP contribution in [-0.2, 0) is 26.2 Å². The molecule has 2 amide bonds. The highest BCUT2D eigenvalue weighted by atomic mass is 35.5. The van der Waals surface area contributed by atoms with Gasteiger partial charge in [-0.3, -0.25) is 13.9 Å². The first-order valence-electron chi connectivity index (χ1n) is 12.7. The van der Waals surface area contributed by atoms with Crippen LogP contribution in [0.1, 0.15) is 26.3 Å². The van der Waals surface area contributed by atoms with Gasteiger partial charge in [0.15, 0.2) is 0 Å². The summed E-state index contributed by atoms with van der Waals surface area (Å²) in [4.78, 5) is 28.3. The summed E-state index contributed by atoms with van der Waals surface area (Å²) in [5.74, 6) is -0.225. The van der Waals surface area contributed by atoms with Gasteiger partial charge in [0.2, 0.25) is 11.8 Å². The van der Waals surface area contributed by atoms with Crippen LogP contribution in [0.15, 0.2) is 77.7 Å². The first-order chi connectivity index (χ1) is 18.9. The molecule has 0 saturated heterocycles. The Morgan fingerprint density at radius 3 is 2.17 bits per heavy atom. The van der Waals surface area contributed by atoms with E-state index in [4.69, 9.17) is 27.9 Å². The minimum atomic E-state index is -4.16. The quantitative estimate of drug-likeness (QED) is 0.299. The predicted molar refractivity (Wildman–Crippen MR) is 158 cm³/mol. The molecule has 11 heteroatoms. The molecule has 3 aromatic rings. The fraction of sp³-hybridized carbons (Fsp3) is 0.310. The van der Waals surface area contributed by atoms with E-state index in [1.165, 1.54) is 24.1 Å². The summed E-state index contributed by atoms with van der Waals surface area (Å²) in [7, 11) is -2.65. The zero-order chi connectivity index (χ0) is 29.4. The Morgan fingerprint density at radius 1 is 0.950 bits per heavy atom. The molecule has 214 valence electrons. The molecule has 0 spiro atoms. The number of amides is 2. The number of anilines is 1. The number of ether oxygens (including phenoxy) is 1. The molecule has 0 heterocycles. The standard InChI is InChI=1S/C29H33Cl2N3O5S/c1-20(2)17-32-29(36)21(3)33(18-22-10-11-23(30)16-27(22)31)28(35)19-34(24-12-14-25(39-4)15-13-24)40(37,38)26-8-6-5-7-9-26/h5-16,20-21H,17-19H2,1-4H3,(H,32,36)/t21-/m0/s1. The molecule has 1 N–H and O–H groups in total. The van der Waals surface area contributed by atoms with Gasteiger partial charge in [-0.1, -0.05) is 61.3 Å². The van der Waals surface area contributed by atoms with Gasteiger partial charge in [0.05, 0.1) is 17.7 Å². The average molecular weight is 607 g/mol. The van der Waals surface area contributed by atoms with Crippen molar-refractivity contribution >= 4 is 50.7 Å². The van der Waals surface area contributed by atoms with Gasteiger partial charge in [-0.15, -0.1) is 0 Å². The molecule has 0 aliphatic carbocycles. The van der Waals surface area contributed by atoms with Crippen molar-refractivity contribution in [3.63, 3.8) is 0 Å². The maximum absolute atomic E-state index is 13.9. The van der Waals surface area contributed by atoms with Crippen LogP contribution in [-0.4, -0.2) is 51.4 Å². The number of sulfonamides is 1. The Kier molecular flexibility index (Phi) is 10.8. The van der Waals surface area contributed by atoms with Crippen LogP contribution in [0, 0.1) is 5.92 Å². The lowest BCUT2D eigenvalue weighted by atomic mass is 10.1. The number of carbonyl (C=O) groups excluding carboxylic acids is 2. The Balaban J connectivity index is 2.02. The summed E-state index contributed by atoms with van der Waals surface area (Å²) in [6.07, 6.45) is 0.